The fourth-order valence-corrected chi connectivity index (χ4v) is 7.38. The highest BCUT2D eigenvalue weighted by Gasteiger charge is 2.75. The minimum absolute atomic E-state index is 0.0746. The van der Waals surface area contributed by atoms with Crippen LogP contribution in [0, 0.1) is 28.6 Å². The molecule has 0 unspecified atom stereocenters. The van der Waals surface area contributed by atoms with Crippen molar-refractivity contribution in [1.82, 2.24) is 0 Å². The largest absolute Gasteiger partial charge is 0.393 e. The Kier molecular flexibility index (Phi) is 4.15. The van der Waals surface area contributed by atoms with E-state index in [9.17, 15) is 24.9 Å². The van der Waals surface area contributed by atoms with Gasteiger partial charge in [-0.1, -0.05) is 32.4 Å². The molecule has 0 heterocycles. The van der Waals surface area contributed by atoms with Crippen LogP contribution in [0.4, 0.5) is 4.39 Å². The first-order chi connectivity index (χ1) is 12.9. The van der Waals surface area contributed by atoms with Crippen LogP contribution in [0.25, 0.3) is 0 Å². The third-order valence-electron chi connectivity index (χ3n) is 8.65. The third kappa shape index (κ3) is 2.12. The van der Waals surface area contributed by atoms with Crippen LogP contribution in [0.1, 0.15) is 46.5 Å². The maximum absolute atomic E-state index is 16.9. The minimum atomic E-state index is -1.87. The number of aliphatic hydroxyl groups excluding tert-OH is 2. The number of carbonyl (C=O) groups is 2. The average molecular weight is 392 g/mol. The van der Waals surface area contributed by atoms with Gasteiger partial charge in [0.15, 0.2) is 11.6 Å². The quantitative estimate of drug-likeness (QED) is 0.667. The molecule has 0 bridgehead atoms. The predicted molar refractivity (Wildman–Crippen MR) is 99.9 cm³/mol. The van der Waals surface area contributed by atoms with Crippen molar-refractivity contribution in [1.29, 1.82) is 0 Å². The second kappa shape index (κ2) is 5.83. The van der Waals surface area contributed by atoms with Crippen LogP contribution in [0.15, 0.2) is 23.8 Å². The van der Waals surface area contributed by atoms with E-state index in [-0.39, 0.29) is 18.6 Å². The second-order valence-electron chi connectivity index (χ2n) is 9.82. The van der Waals surface area contributed by atoms with Crippen molar-refractivity contribution in [2.24, 2.45) is 28.6 Å². The van der Waals surface area contributed by atoms with Crippen molar-refractivity contribution in [2.75, 3.05) is 6.61 Å². The van der Waals surface area contributed by atoms with Crippen LogP contribution < -0.4 is 0 Å². The van der Waals surface area contributed by atoms with Crippen molar-refractivity contribution < 1.29 is 29.3 Å². The number of hydrogen-bond donors (Lipinski definition) is 3. The number of Topliss-reactive ketones (excluding diaryl/α,β-unsaturated/α-hetero) is 1. The molecule has 0 aliphatic heterocycles. The van der Waals surface area contributed by atoms with Crippen LogP contribution in [0.3, 0.4) is 0 Å². The molecule has 154 valence electrons. The molecule has 0 aromatic rings. The zero-order valence-electron chi connectivity index (χ0n) is 16.6. The molecule has 3 saturated carbocycles. The van der Waals surface area contributed by atoms with E-state index in [1.165, 1.54) is 6.08 Å². The monoisotopic (exact) mass is 392 g/mol. The van der Waals surface area contributed by atoms with Gasteiger partial charge >= 0.3 is 0 Å². The Labute approximate surface area is 164 Å². The van der Waals surface area contributed by atoms with Gasteiger partial charge in [-0.3, -0.25) is 9.59 Å². The molecule has 0 aromatic carbocycles. The standard InChI is InChI=1S/C22H29FO5/c1-12-8-16-20(3,22(12,28)17(27)11-24)10-15(26)18-19(2)6-5-14(25)9-13(19)4-7-21(16,18)23/h5-6,9,12,15-16,18,24,26,28H,4,7-8,10-11H2,1-3H3/t12-,15-,16+,18-,19-,20-,21-,22-/m0/s1. The van der Waals surface area contributed by atoms with Crippen molar-refractivity contribution >= 4 is 11.6 Å². The lowest BCUT2D eigenvalue weighted by atomic mass is 9.45. The first-order valence-corrected chi connectivity index (χ1v) is 10.1. The van der Waals surface area contributed by atoms with E-state index in [1.807, 2.05) is 6.92 Å². The fourth-order valence-electron chi connectivity index (χ4n) is 7.38. The van der Waals surface area contributed by atoms with Gasteiger partial charge in [-0.2, -0.15) is 0 Å². The molecule has 3 N–H and O–H groups in total. The smallest absolute Gasteiger partial charge is 0.190 e. The van der Waals surface area contributed by atoms with Gasteiger partial charge in [0, 0.05) is 22.7 Å². The van der Waals surface area contributed by atoms with E-state index in [1.54, 1.807) is 26.0 Å². The number of allylic oxidation sites excluding steroid dienone is 4. The van der Waals surface area contributed by atoms with Crippen molar-refractivity contribution in [2.45, 2.75) is 63.8 Å². The lowest BCUT2D eigenvalue weighted by Crippen LogP contribution is -2.68. The van der Waals surface area contributed by atoms with Gasteiger partial charge in [0.2, 0.25) is 0 Å². The summed E-state index contributed by atoms with van der Waals surface area (Å²) in [5, 5.41) is 32.0. The molecular weight excluding hydrogens is 363 g/mol. The summed E-state index contributed by atoms with van der Waals surface area (Å²) < 4.78 is 16.9. The molecule has 0 aromatic heterocycles. The molecule has 0 spiro atoms. The normalized spacial score (nSPS) is 52.5. The van der Waals surface area contributed by atoms with Gasteiger partial charge in [0.1, 0.15) is 17.9 Å². The number of fused-ring (bicyclic) bond motifs is 5. The lowest BCUT2D eigenvalue weighted by Gasteiger charge is -2.62. The third-order valence-corrected chi connectivity index (χ3v) is 8.65. The first-order valence-electron chi connectivity index (χ1n) is 10.1. The first kappa shape index (κ1) is 19.9. The highest BCUT2D eigenvalue weighted by atomic mass is 19.1. The summed E-state index contributed by atoms with van der Waals surface area (Å²) in [5.41, 5.74) is -4.74. The zero-order chi connectivity index (χ0) is 20.7. The van der Waals surface area contributed by atoms with Gasteiger partial charge in [-0.05, 0) is 43.8 Å². The Morgan fingerprint density at radius 1 is 1.36 bits per heavy atom. The summed E-state index contributed by atoms with van der Waals surface area (Å²) >= 11 is 0. The topological polar surface area (TPSA) is 94.8 Å². The van der Waals surface area contributed by atoms with Gasteiger partial charge in [0.25, 0.3) is 0 Å². The Hall–Kier alpha value is -1.37. The van der Waals surface area contributed by atoms with E-state index in [2.05, 4.69) is 0 Å². The molecule has 0 amide bonds. The van der Waals surface area contributed by atoms with Crippen molar-refractivity contribution in [3.63, 3.8) is 0 Å². The minimum Gasteiger partial charge on any atom is -0.393 e. The Bertz CT molecular complexity index is 805. The number of aliphatic hydroxyl groups is 3. The van der Waals surface area contributed by atoms with E-state index < -0.39 is 58.3 Å². The van der Waals surface area contributed by atoms with Gasteiger partial charge in [-0.15, -0.1) is 0 Å². The number of ketones is 2. The molecule has 28 heavy (non-hydrogen) atoms. The number of alkyl halides is 1. The molecule has 4 aliphatic rings. The summed E-state index contributed by atoms with van der Waals surface area (Å²) in [6, 6.07) is 0. The summed E-state index contributed by atoms with van der Waals surface area (Å²) in [4.78, 5) is 24.4. The molecule has 3 fully saturated rings. The van der Waals surface area contributed by atoms with Gasteiger partial charge in [-0.25, -0.2) is 4.39 Å². The molecule has 0 radical (unpaired) electrons. The number of carbonyl (C=O) groups excluding carboxylic acids is 2. The zero-order valence-corrected chi connectivity index (χ0v) is 16.6. The number of halogens is 1. The molecular formula is C22H29FO5. The van der Waals surface area contributed by atoms with Crippen LogP contribution in [-0.4, -0.2) is 50.9 Å². The Morgan fingerprint density at radius 2 is 2.04 bits per heavy atom. The lowest BCUT2D eigenvalue weighted by molar-refractivity contribution is -0.213. The van der Waals surface area contributed by atoms with Crippen molar-refractivity contribution in [3.8, 4) is 0 Å². The molecule has 6 heteroatoms. The predicted octanol–water partition coefficient (Wildman–Crippen LogP) is 1.90. The fraction of sp³-hybridized carbons (Fsp3) is 0.727. The van der Waals surface area contributed by atoms with E-state index in [0.29, 0.717) is 12.8 Å². The summed E-state index contributed by atoms with van der Waals surface area (Å²) in [5.74, 6) is -2.71. The van der Waals surface area contributed by atoms with Crippen LogP contribution in [0.2, 0.25) is 0 Å². The van der Waals surface area contributed by atoms with E-state index >= 15 is 4.39 Å². The molecule has 5 nitrogen and oxygen atoms in total. The SMILES string of the molecule is C[C@H]1C[C@H]2[C@@]3(F)CCC4=CC(=O)C=C[C@]4(C)[C@@H]3[C@@H](O)C[C@]2(C)[C@@]1(O)C(=O)CO. The average Bonchev–Trinajstić information content (AvgIpc) is 2.83. The Balaban J connectivity index is 1.84. The molecule has 8 atom stereocenters. The summed E-state index contributed by atoms with van der Waals surface area (Å²) in [6.45, 7) is 4.47. The highest BCUT2D eigenvalue weighted by Crippen LogP contribution is 2.70. The number of rotatable bonds is 2. The second-order valence-corrected chi connectivity index (χ2v) is 9.82. The molecule has 4 rings (SSSR count). The van der Waals surface area contributed by atoms with Gasteiger partial charge < -0.3 is 15.3 Å². The maximum atomic E-state index is 16.9. The summed E-state index contributed by atoms with van der Waals surface area (Å²) in [7, 11) is 0. The Morgan fingerprint density at radius 3 is 2.68 bits per heavy atom. The number of hydrogen-bond acceptors (Lipinski definition) is 5. The molecule has 4 aliphatic carbocycles. The summed E-state index contributed by atoms with van der Waals surface area (Å²) in [6.07, 6.45) is 4.58. The van der Waals surface area contributed by atoms with Crippen LogP contribution in [0.5, 0.6) is 0 Å². The van der Waals surface area contributed by atoms with E-state index in [0.717, 1.165) is 5.57 Å². The van der Waals surface area contributed by atoms with Crippen molar-refractivity contribution in [3.05, 3.63) is 23.8 Å². The van der Waals surface area contributed by atoms with Crippen LogP contribution >= 0.6 is 0 Å². The van der Waals surface area contributed by atoms with E-state index in [4.69, 9.17) is 0 Å². The van der Waals surface area contributed by atoms with Crippen LogP contribution in [-0.2, 0) is 9.59 Å². The van der Waals surface area contributed by atoms with Gasteiger partial charge in [0.05, 0.1) is 6.10 Å². The highest BCUT2D eigenvalue weighted by molar-refractivity contribution is 6.01. The molecule has 0 saturated heterocycles. The maximum Gasteiger partial charge on any atom is 0.190 e.